The smallest absolute Gasteiger partial charge is 0.254 e. The van der Waals surface area contributed by atoms with Crippen molar-refractivity contribution in [3.05, 3.63) is 71.3 Å². The van der Waals surface area contributed by atoms with Gasteiger partial charge < -0.3 is 21.1 Å². The number of rotatable bonds is 5. The van der Waals surface area contributed by atoms with E-state index >= 15 is 0 Å². The van der Waals surface area contributed by atoms with Gasteiger partial charge in [0.25, 0.3) is 5.91 Å². The van der Waals surface area contributed by atoms with Crippen molar-refractivity contribution in [1.82, 2.24) is 4.90 Å². The van der Waals surface area contributed by atoms with Crippen LogP contribution in [0.15, 0.2) is 54.6 Å². The molecule has 0 aliphatic carbocycles. The maximum Gasteiger partial charge on any atom is 0.254 e. The van der Waals surface area contributed by atoms with Crippen LogP contribution in [0.25, 0.3) is 21.9 Å². The summed E-state index contributed by atoms with van der Waals surface area (Å²) in [6.07, 6.45) is 0. The van der Waals surface area contributed by atoms with E-state index in [0.29, 0.717) is 23.5 Å². The predicted octanol–water partition coefficient (Wildman–Crippen LogP) is 3.40. The van der Waals surface area contributed by atoms with Gasteiger partial charge in [0.2, 0.25) is 5.91 Å². The summed E-state index contributed by atoms with van der Waals surface area (Å²) in [5, 5.41) is 2.04. The number of fused-ring (bicyclic) bond motifs is 3. The van der Waals surface area contributed by atoms with Crippen LogP contribution in [-0.2, 0) is 11.3 Å². The minimum atomic E-state index is -0.599. The van der Waals surface area contributed by atoms with Crippen LogP contribution in [0.4, 0.5) is 5.69 Å². The second-order valence-electron chi connectivity index (χ2n) is 7.57. The zero-order valence-electron chi connectivity index (χ0n) is 17.0. The standard InChI is InChI=1S/C24H23N3O3/c1-13-8-17(10-21(30-3)22(13)25)16-5-4-15-6-7-18-20(19(15)9-16)12-27(24(18)29)11-14(2)23(26)28/h4-10H,2,11-12,25H2,1,3H3,(H2,26,28). The van der Waals surface area contributed by atoms with Crippen LogP contribution in [0.2, 0.25) is 0 Å². The van der Waals surface area contributed by atoms with Crippen LogP contribution in [0.3, 0.4) is 0 Å². The molecule has 152 valence electrons. The molecule has 1 heterocycles. The molecule has 0 saturated carbocycles. The second-order valence-corrected chi connectivity index (χ2v) is 7.57. The fourth-order valence-electron chi connectivity index (χ4n) is 3.90. The van der Waals surface area contributed by atoms with Gasteiger partial charge in [-0.05, 0) is 64.2 Å². The Morgan fingerprint density at radius 3 is 2.60 bits per heavy atom. The molecular formula is C24H23N3O3. The third-order valence-electron chi connectivity index (χ3n) is 5.63. The summed E-state index contributed by atoms with van der Waals surface area (Å²) < 4.78 is 5.41. The van der Waals surface area contributed by atoms with Crippen molar-refractivity contribution in [2.24, 2.45) is 5.73 Å². The number of primary amides is 1. The maximum absolute atomic E-state index is 12.8. The minimum absolute atomic E-state index is 0.121. The molecule has 6 nitrogen and oxygen atoms in total. The van der Waals surface area contributed by atoms with Crippen LogP contribution in [-0.4, -0.2) is 30.4 Å². The quantitative estimate of drug-likeness (QED) is 0.506. The van der Waals surface area contributed by atoms with Crippen LogP contribution in [0.5, 0.6) is 5.75 Å². The number of carbonyl (C=O) groups excluding carboxylic acids is 2. The van der Waals surface area contributed by atoms with Crippen LogP contribution in [0, 0.1) is 6.92 Å². The predicted molar refractivity (Wildman–Crippen MR) is 118 cm³/mol. The van der Waals surface area contributed by atoms with Gasteiger partial charge in [-0.25, -0.2) is 0 Å². The summed E-state index contributed by atoms with van der Waals surface area (Å²) in [6, 6.07) is 13.9. The molecule has 3 aromatic carbocycles. The molecule has 0 unspecified atom stereocenters. The number of benzene rings is 3. The van der Waals surface area contributed by atoms with Crippen molar-refractivity contribution in [2.75, 3.05) is 19.4 Å². The molecule has 6 heteroatoms. The Bertz CT molecular complexity index is 1230. The Labute approximate surface area is 174 Å². The molecule has 3 aromatic rings. The summed E-state index contributed by atoms with van der Waals surface area (Å²) in [7, 11) is 1.60. The molecule has 4 N–H and O–H groups in total. The molecule has 4 rings (SSSR count). The number of aryl methyl sites for hydroxylation is 1. The molecule has 2 amide bonds. The van der Waals surface area contributed by atoms with Gasteiger partial charge in [-0.2, -0.15) is 0 Å². The number of nitrogens with zero attached hydrogens (tertiary/aromatic N) is 1. The average Bonchev–Trinajstić information content (AvgIpc) is 3.05. The molecule has 1 aliphatic heterocycles. The average molecular weight is 401 g/mol. The van der Waals surface area contributed by atoms with Gasteiger partial charge >= 0.3 is 0 Å². The van der Waals surface area contributed by atoms with Crippen LogP contribution >= 0.6 is 0 Å². The van der Waals surface area contributed by atoms with Gasteiger partial charge in [-0.1, -0.05) is 24.8 Å². The number of ether oxygens (including phenoxy) is 1. The van der Waals surface area contributed by atoms with Crippen molar-refractivity contribution in [3.8, 4) is 16.9 Å². The highest BCUT2D eigenvalue weighted by Crippen LogP contribution is 2.36. The van der Waals surface area contributed by atoms with Gasteiger partial charge in [0, 0.05) is 17.7 Å². The highest BCUT2D eigenvalue weighted by molar-refractivity contribution is 6.05. The van der Waals surface area contributed by atoms with E-state index in [1.165, 1.54) is 0 Å². The van der Waals surface area contributed by atoms with E-state index in [4.69, 9.17) is 16.2 Å². The number of carbonyl (C=O) groups is 2. The van der Waals surface area contributed by atoms with Crippen molar-refractivity contribution in [2.45, 2.75) is 13.5 Å². The summed E-state index contributed by atoms with van der Waals surface area (Å²) in [5.41, 5.74) is 16.7. The van der Waals surface area contributed by atoms with Gasteiger partial charge in [0.15, 0.2) is 0 Å². The highest BCUT2D eigenvalue weighted by atomic mass is 16.5. The lowest BCUT2D eigenvalue weighted by Crippen LogP contribution is -2.30. The fourth-order valence-corrected chi connectivity index (χ4v) is 3.90. The zero-order chi connectivity index (χ0) is 21.6. The summed E-state index contributed by atoms with van der Waals surface area (Å²) in [4.78, 5) is 25.8. The Balaban J connectivity index is 1.79. The van der Waals surface area contributed by atoms with E-state index < -0.39 is 5.91 Å². The summed E-state index contributed by atoms with van der Waals surface area (Å²) in [5.74, 6) is -0.0852. The molecule has 0 spiro atoms. The van der Waals surface area contributed by atoms with E-state index in [-0.39, 0.29) is 18.0 Å². The van der Waals surface area contributed by atoms with E-state index in [9.17, 15) is 9.59 Å². The molecule has 30 heavy (non-hydrogen) atoms. The number of hydrogen-bond acceptors (Lipinski definition) is 4. The lowest BCUT2D eigenvalue weighted by molar-refractivity contribution is -0.114. The van der Waals surface area contributed by atoms with Crippen molar-refractivity contribution < 1.29 is 14.3 Å². The molecule has 0 aromatic heterocycles. The maximum atomic E-state index is 12.8. The van der Waals surface area contributed by atoms with Crippen molar-refractivity contribution in [1.29, 1.82) is 0 Å². The van der Waals surface area contributed by atoms with Crippen molar-refractivity contribution in [3.63, 3.8) is 0 Å². The number of nitrogen functional groups attached to an aromatic ring is 1. The molecule has 0 atom stereocenters. The Morgan fingerprint density at radius 1 is 1.17 bits per heavy atom. The first-order valence-electron chi connectivity index (χ1n) is 9.57. The minimum Gasteiger partial charge on any atom is -0.495 e. The molecule has 0 saturated heterocycles. The third-order valence-corrected chi connectivity index (χ3v) is 5.63. The molecule has 0 bridgehead atoms. The van der Waals surface area contributed by atoms with E-state index in [1.807, 2.05) is 43.3 Å². The lowest BCUT2D eigenvalue weighted by atomic mass is 9.95. The topological polar surface area (TPSA) is 98.7 Å². The van der Waals surface area contributed by atoms with Gasteiger partial charge in [0.05, 0.1) is 19.3 Å². The normalized spacial score (nSPS) is 12.9. The van der Waals surface area contributed by atoms with E-state index in [0.717, 1.165) is 33.0 Å². The Morgan fingerprint density at radius 2 is 1.90 bits per heavy atom. The van der Waals surface area contributed by atoms with Crippen LogP contribution in [0.1, 0.15) is 21.5 Å². The Kier molecular flexibility index (Phi) is 4.70. The fraction of sp³-hybridized carbons (Fsp3) is 0.167. The first kappa shape index (κ1) is 19.5. The summed E-state index contributed by atoms with van der Waals surface area (Å²) >= 11 is 0. The number of nitrogens with two attached hydrogens (primary N) is 2. The highest BCUT2D eigenvalue weighted by Gasteiger charge is 2.29. The lowest BCUT2D eigenvalue weighted by Gasteiger charge is -2.15. The first-order valence-corrected chi connectivity index (χ1v) is 9.57. The number of methoxy groups -OCH3 is 1. The Hall–Kier alpha value is -3.80. The largest absolute Gasteiger partial charge is 0.495 e. The van der Waals surface area contributed by atoms with Crippen molar-refractivity contribution >= 4 is 28.3 Å². The van der Waals surface area contributed by atoms with E-state index in [2.05, 4.69) is 12.6 Å². The molecule has 0 radical (unpaired) electrons. The van der Waals surface area contributed by atoms with Crippen LogP contribution < -0.4 is 16.2 Å². The van der Waals surface area contributed by atoms with Gasteiger partial charge in [-0.3, -0.25) is 9.59 Å². The second kappa shape index (κ2) is 7.22. The SMILES string of the molecule is C=C(CN1Cc2c(ccc3ccc(-c4cc(C)c(N)c(OC)c4)cc23)C1=O)C(N)=O. The monoisotopic (exact) mass is 401 g/mol. The first-order chi connectivity index (χ1) is 14.3. The number of anilines is 1. The molecular weight excluding hydrogens is 378 g/mol. The third kappa shape index (κ3) is 3.16. The van der Waals surface area contributed by atoms with Gasteiger partial charge in [0.1, 0.15) is 5.75 Å². The number of hydrogen-bond donors (Lipinski definition) is 2. The summed E-state index contributed by atoms with van der Waals surface area (Å²) in [6.45, 7) is 6.15. The number of amides is 2. The zero-order valence-corrected chi connectivity index (χ0v) is 17.0. The molecule has 1 aliphatic rings. The molecule has 0 fully saturated rings. The van der Waals surface area contributed by atoms with Gasteiger partial charge in [-0.15, -0.1) is 0 Å². The van der Waals surface area contributed by atoms with E-state index in [1.54, 1.807) is 12.0 Å².